The lowest BCUT2D eigenvalue weighted by Crippen LogP contribution is -2.19. The number of benzene rings is 5. The summed E-state index contributed by atoms with van der Waals surface area (Å²) in [6, 6.07) is 33.1. The zero-order valence-corrected chi connectivity index (χ0v) is 39.8. The van der Waals surface area contributed by atoms with Gasteiger partial charge in [-0.3, -0.25) is 0 Å². The van der Waals surface area contributed by atoms with E-state index < -0.39 is 16.5 Å². The van der Waals surface area contributed by atoms with Crippen LogP contribution in [0.2, 0.25) is 0 Å². The molecule has 0 saturated heterocycles. The third-order valence-corrected chi connectivity index (χ3v) is 12.9. The van der Waals surface area contributed by atoms with E-state index in [1.807, 2.05) is 79.7 Å². The van der Waals surface area contributed by atoms with Crippen LogP contribution in [0.15, 0.2) is 127 Å². The molecule has 0 amide bonds. The predicted octanol–water partition coefficient (Wildman–Crippen LogP) is 18.0. The Morgan fingerprint density at radius 2 is 0.869 bits per heavy atom. The number of para-hydroxylation sites is 3. The molecule has 0 saturated carbocycles. The largest absolute Gasteiger partial charge is 0.453 e. The van der Waals surface area contributed by atoms with Crippen molar-refractivity contribution >= 4 is 61.5 Å². The molecule has 1 unspecified atom stereocenters. The Labute approximate surface area is 363 Å². The molecule has 2 heterocycles. The van der Waals surface area contributed by atoms with Crippen LogP contribution in [0.25, 0.3) is 56.2 Å². The standard InChI is InChI=1S/C53H60O6P2/c1-15-23-36-37-24-17-20-27-45(37)55-60(54-44(36)16-2)58-48-40(30-34(50(3,4)5)32-42(48)52(9,10)11)41-31-35(51(6,7)8)33-43(53(12,13)14)49(41)59-61-56-46-28-21-18-25-38(46)39-26-19-22-29-47(39)57-61/h15-33H,2H2,1,3-14H3. The third kappa shape index (κ3) is 9.18. The molecule has 0 bridgehead atoms. The topological polar surface area (TPSA) is 71.0 Å². The molecule has 61 heavy (non-hydrogen) atoms. The normalized spacial score (nSPS) is 13.0. The summed E-state index contributed by atoms with van der Waals surface area (Å²) in [4.78, 5) is 0. The molecule has 7 rings (SSSR count). The minimum atomic E-state index is -2.05. The smallest absolute Gasteiger partial charge is 0.390 e. The molecule has 8 heteroatoms. The van der Waals surface area contributed by atoms with Gasteiger partial charge in [0, 0.05) is 44.0 Å². The quantitative estimate of drug-likeness (QED) is 0.159. The zero-order valence-electron chi connectivity index (χ0n) is 38.0. The molecule has 2 aromatic heterocycles. The van der Waals surface area contributed by atoms with Gasteiger partial charge in [0.25, 0.3) is 0 Å². The summed E-state index contributed by atoms with van der Waals surface area (Å²) < 4.78 is 41.5. The highest BCUT2D eigenvalue weighted by Gasteiger charge is 2.33. The first-order valence-corrected chi connectivity index (χ1v) is 23.2. The summed E-state index contributed by atoms with van der Waals surface area (Å²) in [5.74, 6) is 1.91. The van der Waals surface area contributed by atoms with Crippen LogP contribution in [0.5, 0.6) is 11.5 Å². The fourth-order valence-electron chi connectivity index (χ4n) is 7.39. The molecule has 5 aromatic carbocycles. The molecule has 0 aliphatic heterocycles. The van der Waals surface area contributed by atoms with E-state index in [9.17, 15) is 0 Å². The van der Waals surface area contributed by atoms with E-state index in [4.69, 9.17) is 25.8 Å². The Hall–Kier alpha value is -5.28. The molecule has 0 aliphatic rings. The number of fused-ring (bicyclic) bond motifs is 4. The average Bonchev–Trinajstić information content (AvgIpc) is 3.43. The summed E-state index contributed by atoms with van der Waals surface area (Å²) in [6.07, 6.45) is 5.74. The van der Waals surface area contributed by atoms with Gasteiger partial charge in [-0.15, -0.1) is 0 Å². The highest BCUT2D eigenvalue weighted by atomic mass is 31.1. The molecule has 0 fully saturated rings. The predicted molar refractivity (Wildman–Crippen MR) is 259 cm³/mol. The van der Waals surface area contributed by atoms with Crippen LogP contribution in [0.1, 0.15) is 124 Å². The molecule has 1 atom stereocenters. The van der Waals surface area contributed by atoms with Crippen LogP contribution in [-0.2, 0) is 21.7 Å². The summed E-state index contributed by atoms with van der Waals surface area (Å²) in [5, 5.41) is 2.81. The van der Waals surface area contributed by atoms with Crippen LogP contribution >= 0.6 is 16.5 Å². The maximum atomic E-state index is 7.28. The van der Waals surface area contributed by atoms with E-state index in [-0.39, 0.29) is 21.7 Å². The molecular formula is C53H60O6P2. The van der Waals surface area contributed by atoms with E-state index >= 15 is 0 Å². The number of hydrogen-bond acceptors (Lipinski definition) is 6. The monoisotopic (exact) mass is 854 g/mol. The molecule has 0 N–H and O–H groups in total. The highest BCUT2D eigenvalue weighted by molar-refractivity contribution is 7.32. The van der Waals surface area contributed by atoms with Crippen molar-refractivity contribution in [3.63, 3.8) is 0 Å². The number of allylic oxidation sites excluding steroid dienone is 1. The van der Waals surface area contributed by atoms with Gasteiger partial charge in [-0.05, 0) is 76.1 Å². The van der Waals surface area contributed by atoms with Gasteiger partial charge in [0.1, 0.15) is 34.0 Å². The van der Waals surface area contributed by atoms with Crippen LogP contribution in [0.3, 0.4) is 0 Å². The van der Waals surface area contributed by atoms with Crippen LogP contribution in [0, 0.1) is 0 Å². The first-order chi connectivity index (χ1) is 28.7. The maximum absolute atomic E-state index is 7.28. The lowest BCUT2D eigenvalue weighted by molar-refractivity contribution is 0.463. The van der Waals surface area contributed by atoms with Crippen LogP contribution in [0.4, 0.5) is 0 Å². The van der Waals surface area contributed by atoms with Crippen molar-refractivity contribution in [3.8, 4) is 22.6 Å². The second-order valence-corrected chi connectivity index (χ2v) is 21.8. The minimum absolute atomic E-state index is 0.213. The van der Waals surface area contributed by atoms with Gasteiger partial charge in [-0.2, -0.15) is 0 Å². The second kappa shape index (κ2) is 16.5. The van der Waals surface area contributed by atoms with Gasteiger partial charge in [-0.25, -0.2) is 0 Å². The van der Waals surface area contributed by atoms with Gasteiger partial charge < -0.3 is 25.8 Å². The van der Waals surface area contributed by atoms with Crippen LogP contribution < -0.4 is 9.05 Å². The summed E-state index contributed by atoms with van der Waals surface area (Å²) in [5.41, 5.74) is 7.87. The summed E-state index contributed by atoms with van der Waals surface area (Å²) in [7, 11) is -4.05. The molecule has 0 aliphatic carbocycles. The lowest BCUT2D eigenvalue weighted by atomic mass is 9.75. The molecule has 7 aromatic rings. The van der Waals surface area contributed by atoms with Gasteiger partial charge in [-0.1, -0.05) is 169 Å². The zero-order chi connectivity index (χ0) is 44.1. The minimum Gasteiger partial charge on any atom is -0.390 e. The SMILES string of the molecule is C=Cc1op(Oc2c(-c3cc(C(C)(C)C)cc(C(C)(C)C)c3Op3oc4ccccc4c4ccccc4o3)cc(C(C)(C)C)cc2C(C)(C)C)oc2ccccc2c1C=CC. The fourth-order valence-corrected chi connectivity index (χ4v) is 9.60. The lowest BCUT2D eigenvalue weighted by Gasteiger charge is -2.31. The number of hydrogen-bond donors (Lipinski definition) is 0. The Morgan fingerprint density at radius 3 is 1.25 bits per heavy atom. The maximum Gasteiger partial charge on any atom is 0.453 e. The Kier molecular flexibility index (Phi) is 11.9. The van der Waals surface area contributed by atoms with Crippen molar-refractivity contribution in [2.75, 3.05) is 0 Å². The van der Waals surface area contributed by atoms with Crippen LogP contribution in [-0.4, -0.2) is 0 Å². The van der Waals surface area contributed by atoms with E-state index in [1.165, 1.54) is 0 Å². The van der Waals surface area contributed by atoms with E-state index in [2.05, 4.69) is 126 Å². The Bertz CT molecular complexity index is 2830. The summed E-state index contributed by atoms with van der Waals surface area (Å²) >= 11 is 0. The van der Waals surface area contributed by atoms with Gasteiger partial charge >= 0.3 is 16.5 Å². The molecule has 0 spiro atoms. The van der Waals surface area contributed by atoms with Gasteiger partial charge in [0.05, 0.1) is 0 Å². The van der Waals surface area contributed by atoms with Crippen molar-refractivity contribution in [3.05, 3.63) is 143 Å². The van der Waals surface area contributed by atoms with E-state index in [0.29, 0.717) is 34.0 Å². The molecule has 6 nitrogen and oxygen atoms in total. The van der Waals surface area contributed by atoms with Gasteiger partial charge in [0.15, 0.2) is 0 Å². The third-order valence-electron chi connectivity index (χ3n) is 10.9. The molecule has 0 radical (unpaired) electrons. The van der Waals surface area contributed by atoms with Crippen molar-refractivity contribution < 1.29 is 25.8 Å². The first-order valence-electron chi connectivity index (χ1n) is 21.0. The highest BCUT2D eigenvalue weighted by Crippen LogP contribution is 2.53. The summed E-state index contributed by atoms with van der Waals surface area (Å²) in [6.45, 7) is 32.9. The van der Waals surface area contributed by atoms with Crippen molar-refractivity contribution in [2.45, 2.75) is 112 Å². The van der Waals surface area contributed by atoms with Crippen molar-refractivity contribution in [2.24, 2.45) is 0 Å². The Morgan fingerprint density at radius 1 is 0.492 bits per heavy atom. The number of rotatable bonds is 7. The average molecular weight is 855 g/mol. The fraction of sp³-hybridized carbons (Fsp3) is 0.321. The second-order valence-electron chi connectivity index (χ2n) is 19.8. The van der Waals surface area contributed by atoms with Crippen molar-refractivity contribution in [1.82, 2.24) is 0 Å². The van der Waals surface area contributed by atoms with E-state index in [0.717, 1.165) is 55.1 Å². The van der Waals surface area contributed by atoms with E-state index in [1.54, 1.807) is 6.08 Å². The Balaban J connectivity index is 1.63. The van der Waals surface area contributed by atoms with Gasteiger partial charge in [0.2, 0.25) is 0 Å². The first kappa shape index (κ1) is 43.8. The molecular weight excluding hydrogens is 795 g/mol. The van der Waals surface area contributed by atoms with Crippen molar-refractivity contribution in [1.29, 1.82) is 0 Å². The molecule has 318 valence electrons.